The second kappa shape index (κ2) is 13.7. The Balaban J connectivity index is 2.44. The Labute approximate surface area is 203 Å². The number of aliphatic imine (C=N–C) groups is 1. The summed E-state index contributed by atoms with van der Waals surface area (Å²) in [6.45, 7) is 8.83. The molecule has 0 aliphatic carbocycles. The number of carbonyl (C=O) groups excluding carboxylic acids is 1. The van der Waals surface area contributed by atoms with Gasteiger partial charge in [-0.3, -0.25) is 9.79 Å². The topological polar surface area (TPSA) is 82.5 Å². The van der Waals surface area contributed by atoms with Crippen LogP contribution in [0.2, 0.25) is 0 Å². The highest BCUT2D eigenvalue weighted by molar-refractivity contribution is 6.11. The molecule has 0 radical (unpaired) electrons. The van der Waals surface area contributed by atoms with Crippen molar-refractivity contribution in [3.8, 4) is 11.4 Å². The normalized spacial score (nSPS) is 12.0. The van der Waals surface area contributed by atoms with Gasteiger partial charge in [0.1, 0.15) is 5.82 Å². The number of amides is 1. The second-order valence-corrected chi connectivity index (χ2v) is 8.01. The molecule has 0 fully saturated rings. The van der Waals surface area contributed by atoms with Crippen LogP contribution in [0.5, 0.6) is 0 Å². The minimum absolute atomic E-state index is 0.0283. The van der Waals surface area contributed by atoms with Crippen LogP contribution in [0.4, 0.5) is 5.82 Å². The third-order valence-electron chi connectivity index (χ3n) is 4.88. The number of nitrogens with zero attached hydrogens (tertiary/aromatic N) is 4. The van der Waals surface area contributed by atoms with Crippen molar-refractivity contribution in [2.75, 3.05) is 39.5 Å². The lowest BCUT2D eigenvalue weighted by atomic mass is 10.0. The second-order valence-electron chi connectivity index (χ2n) is 8.01. The summed E-state index contributed by atoms with van der Waals surface area (Å²) in [6, 6.07) is 8.13. The highest BCUT2D eigenvalue weighted by atomic mass is 16.1. The molecule has 0 unspecified atom stereocenters. The summed E-state index contributed by atoms with van der Waals surface area (Å²) in [5.41, 5.74) is 4.85. The zero-order valence-corrected chi connectivity index (χ0v) is 20.9. The number of allylic oxidation sites excluding steroid dienone is 4. The maximum absolute atomic E-state index is 11.1. The lowest BCUT2D eigenvalue weighted by Crippen LogP contribution is -2.23. The molecule has 0 bridgehead atoms. The van der Waals surface area contributed by atoms with Gasteiger partial charge in [0, 0.05) is 76.5 Å². The molecule has 1 amide bonds. The summed E-state index contributed by atoms with van der Waals surface area (Å²) in [4.78, 5) is 26.9. The Morgan fingerprint density at radius 2 is 2.03 bits per heavy atom. The van der Waals surface area contributed by atoms with E-state index in [1.165, 1.54) is 6.92 Å². The largest absolute Gasteiger partial charge is 0.383 e. The van der Waals surface area contributed by atoms with Crippen molar-refractivity contribution in [1.29, 1.82) is 0 Å². The minimum atomic E-state index is -0.0283. The molecule has 1 aromatic carbocycles. The summed E-state index contributed by atoms with van der Waals surface area (Å²) < 4.78 is 0. The molecular formula is C27H36N6O. The smallest absolute Gasteiger partial charge is 0.216 e. The molecule has 1 heterocycles. The molecular weight excluding hydrogens is 424 g/mol. The first-order valence-corrected chi connectivity index (χ1v) is 11.5. The molecule has 7 nitrogen and oxygen atoms in total. The van der Waals surface area contributed by atoms with Gasteiger partial charge in [0.25, 0.3) is 0 Å². The molecule has 2 N–H and O–H groups in total. The molecule has 0 aliphatic rings. The first kappa shape index (κ1) is 26.5. The van der Waals surface area contributed by atoms with Crippen LogP contribution in [0.3, 0.4) is 0 Å². The van der Waals surface area contributed by atoms with Crippen LogP contribution in [0.25, 0.3) is 22.5 Å². The number of hydrogen-bond donors (Lipinski definition) is 2. The van der Waals surface area contributed by atoms with Crippen molar-refractivity contribution in [2.24, 2.45) is 4.99 Å². The summed E-state index contributed by atoms with van der Waals surface area (Å²) >= 11 is 0. The maximum Gasteiger partial charge on any atom is 0.216 e. The average molecular weight is 461 g/mol. The molecule has 0 saturated heterocycles. The third kappa shape index (κ3) is 7.99. The minimum Gasteiger partial charge on any atom is -0.383 e. The highest BCUT2D eigenvalue weighted by Crippen LogP contribution is 2.27. The molecule has 7 heteroatoms. The fraction of sp³-hybridized carbons (Fsp3) is 0.333. The van der Waals surface area contributed by atoms with E-state index in [1.54, 1.807) is 7.05 Å². The van der Waals surface area contributed by atoms with Crippen molar-refractivity contribution < 1.29 is 4.79 Å². The quantitative estimate of drug-likeness (QED) is 0.273. The molecule has 0 spiro atoms. The fourth-order valence-corrected chi connectivity index (χ4v) is 3.38. The number of aromatic nitrogens is 2. The van der Waals surface area contributed by atoms with Gasteiger partial charge in [-0.2, -0.15) is 0 Å². The van der Waals surface area contributed by atoms with Crippen molar-refractivity contribution in [2.45, 2.75) is 26.7 Å². The van der Waals surface area contributed by atoms with E-state index in [2.05, 4.69) is 52.3 Å². The standard InChI is InChI=1S/C27H36N6O/c1-7-11-24(17-28-4)25-18-31-26(32-27(25)30-15-10-14-29-20(3)34)23-13-9-12-22(16-23)21(8-2)19-33(5)6/h8-9,11-13,16-19H,2,7,10,14-15H2,1,3-6H3,(H,29,34)(H,30,31,32)/b21-19+,24-11+,28-17?. The highest BCUT2D eigenvalue weighted by Gasteiger charge is 2.12. The van der Waals surface area contributed by atoms with Crippen LogP contribution in [0.1, 0.15) is 37.8 Å². The van der Waals surface area contributed by atoms with Gasteiger partial charge in [-0.25, -0.2) is 9.97 Å². The van der Waals surface area contributed by atoms with Crippen LogP contribution in [-0.4, -0.2) is 61.2 Å². The molecule has 34 heavy (non-hydrogen) atoms. The van der Waals surface area contributed by atoms with Crippen LogP contribution >= 0.6 is 0 Å². The number of carbonyl (C=O) groups is 1. The Hall–Kier alpha value is -3.74. The molecule has 180 valence electrons. The predicted octanol–water partition coefficient (Wildman–Crippen LogP) is 4.66. The Bertz CT molecular complexity index is 1070. The number of rotatable bonds is 12. The monoisotopic (exact) mass is 460 g/mol. The average Bonchev–Trinajstić information content (AvgIpc) is 2.82. The lowest BCUT2D eigenvalue weighted by Gasteiger charge is -2.14. The van der Waals surface area contributed by atoms with Gasteiger partial charge in [0.05, 0.1) is 0 Å². The van der Waals surface area contributed by atoms with Crippen LogP contribution < -0.4 is 10.6 Å². The van der Waals surface area contributed by atoms with Gasteiger partial charge >= 0.3 is 0 Å². The van der Waals surface area contributed by atoms with E-state index in [9.17, 15) is 4.79 Å². The van der Waals surface area contributed by atoms with Gasteiger partial charge in [0.2, 0.25) is 5.91 Å². The number of nitrogens with one attached hydrogen (secondary N) is 2. The van der Waals surface area contributed by atoms with E-state index in [4.69, 9.17) is 4.98 Å². The molecule has 2 aromatic rings. The van der Waals surface area contributed by atoms with Crippen molar-refractivity contribution in [3.05, 3.63) is 66.5 Å². The first-order chi connectivity index (χ1) is 16.4. The van der Waals surface area contributed by atoms with Crippen LogP contribution in [0.15, 0.2) is 60.4 Å². The van der Waals surface area contributed by atoms with Gasteiger partial charge in [-0.15, -0.1) is 0 Å². The number of hydrogen-bond acceptors (Lipinski definition) is 6. The number of anilines is 1. The zero-order chi connectivity index (χ0) is 24.9. The van der Waals surface area contributed by atoms with E-state index in [-0.39, 0.29) is 5.91 Å². The summed E-state index contributed by atoms with van der Waals surface area (Å²) in [5, 5.41) is 6.25. The molecule has 2 rings (SSSR count). The summed E-state index contributed by atoms with van der Waals surface area (Å²) in [5.74, 6) is 1.34. The predicted molar refractivity (Wildman–Crippen MR) is 144 cm³/mol. The lowest BCUT2D eigenvalue weighted by molar-refractivity contribution is -0.118. The van der Waals surface area contributed by atoms with Gasteiger partial charge < -0.3 is 15.5 Å². The first-order valence-electron chi connectivity index (χ1n) is 11.5. The molecule has 1 aromatic heterocycles. The zero-order valence-electron chi connectivity index (χ0n) is 20.9. The van der Waals surface area contributed by atoms with Crippen molar-refractivity contribution in [3.63, 3.8) is 0 Å². The van der Waals surface area contributed by atoms with E-state index in [0.29, 0.717) is 18.9 Å². The van der Waals surface area contributed by atoms with E-state index < -0.39 is 0 Å². The molecule has 0 saturated carbocycles. The summed E-state index contributed by atoms with van der Waals surface area (Å²) in [7, 11) is 5.73. The van der Waals surface area contributed by atoms with E-state index in [1.807, 2.05) is 55.8 Å². The number of benzene rings is 1. The molecule has 0 atom stereocenters. The van der Waals surface area contributed by atoms with E-state index >= 15 is 0 Å². The SMILES string of the molecule is C=C/C(=C\N(C)C)c1cccc(-c2ncc(/C(C=NC)=C/CC)c(NCCCNC(C)=O)n2)c1. The van der Waals surface area contributed by atoms with Crippen LogP contribution in [0, 0.1) is 0 Å². The Kier molecular flexibility index (Phi) is 10.7. The van der Waals surface area contributed by atoms with Crippen molar-refractivity contribution >= 4 is 29.1 Å². The molecule has 0 aliphatic heterocycles. The Morgan fingerprint density at radius 3 is 2.68 bits per heavy atom. The van der Waals surface area contributed by atoms with Gasteiger partial charge in [-0.05, 0) is 30.0 Å². The fourth-order valence-electron chi connectivity index (χ4n) is 3.38. The third-order valence-corrected chi connectivity index (χ3v) is 4.88. The van der Waals surface area contributed by atoms with Crippen molar-refractivity contribution in [1.82, 2.24) is 20.2 Å². The van der Waals surface area contributed by atoms with Gasteiger partial charge in [-0.1, -0.05) is 43.9 Å². The summed E-state index contributed by atoms with van der Waals surface area (Å²) in [6.07, 6.45) is 11.3. The van der Waals surface area contributed by atoms with Crippen LogP contribution in [-0.2, 0) is 4.79 Å². The Morgan fingerprint density at radius 1 is 1.24 bits per heavy atom. The van der Waals surface area contributed by atoms with E-state index in [0.717, 1.165) is 46.5 Å². The maximum atomic E-state index is 11.1. The van der Waals surface area contributed by atoms with Gasteiger partial charge in [0.15, 0.2) is 5.82 Å².